The van der Waals surface area contributed by atoms with Crippen LogP contribution >= 0.6 is 11.3 Å². The molecule has 134 valence electrons. The van der Waals surface area contributed by atoms with Gasteiger partial charge in [0.15, 0.2) is 0 Å². The van der Waals surface area contributed by atoms with E-state index in [4.69, 9.17) is 0 Å². The molecule has 1 atom stereocenters. The van der Waals surface area contributed by atoms with Crippen LogP contribution in [0.2, 0.25) is 0 Å². The van der Waals surface area contributed by atoms with Gasteiger partial charge in [-0.1, -0.05) is 6.07 Å². The van der Waals surface area contributed by atoms with Crippen molar-refractivity contribution >= 4 is 23.0 Å². The number of piperidine rings is 1. The lowest BCUT2D eigenvalue weighted by molar-refractivity contribution is 0.167. The average Bonchev–Trinajstić information content (AvgIpc) is 3.16. The molecule has 26 heavy (non-hydrogen) atoms. The van der Waals surface area contributed by atoms with Crippen molar-refractivity contribution in [3.8, 4) is 0 Å². The first-order chi connectivity index (χ1) is 12.8. The van der Waals surface area contributed by atoms with Gasteiger partial charge in [-0.05, 0) is 43.9 Å². The number of thiazole rings is 1. The van der Waals surface area contributed by atoms with Crippen molar-refractivity contribution in [1.82, 2.24) is 24.8 Å². The highest BCUT2D eigenvalue weighted by atomic mass is 32.1. The third-order valence-electron chi connectivity index (χ3n) is 4.61. The highest BCUT2D eigenvalue weighted by Crippen LogP contribution is 2.23. The van der Waals surface area contributed by atoms with E-state index in [9.17, 15) is 0 Å². The first kappa shape index (κ1) is 17.1. The van der Waals surface area contributed by atoms with Gasteiger partial charge in [-0.3, -0.25) is 9.88 Å². The minimum Gasteiger partial charge on any atom is -0.325 e. The van der Waals surface area contributed by atoms with Crippen molar-refractivity contribution in [2.45, 2.75) is 25.8 Å². The maximum atomic E-state index is 4.48. The first-order valence-corrected chi connectivity index (χ1v) is 9.82. The van der Waals surface area contributed by atoms with Crippen molar-refractivity contribution in [3.05, 3.63) is 59.1 Å². The molecule has 1 saturated heterocycles. The third kappa shape index (κ3) is 4.62. The molecule has 0 aromatic carbocycles. The molecule has 6 nitrogen and oxygen atoms in total. The molecule has 3 aromatic heterocycles. The summed E-state index contributed by atoms with van der Waals surface area (Å²) in [5.41, 5.74) is 3.00. The number of pyridine rings is 1. The number of nitrogens with one attached hydrogen (secondary N) is 1. The quantitative estimate of drug-likeness (QED) is 0.720. The topological polar surface area (TPSA) is 66.8 Å². The van der Waals surface area contributed by atoms with Gasteiger partial charge in [0, 0.05) is 42.1 Å². The molecule has 0 bridgehead atoms. The van der Waals surface area contributed by atoms with Crippen LogP contribution in [-0.4, -0.2) is 37.9 Å². The number of aromatic nitrogens is 4. The Morgan fingerprint density at radius 2 is 2.19 bits per heavy atom. The van der Waals surface area contributed by atoms with E-state index < -0.39 is 0 Å². The summed E-state index contributed by atoms with van der Waals surface area (Å²) >= 11 is 1.74. The zero-order chi connectivity index (χ0) is 17.6. The van der Waals surface area contributed by atoms with Crippen LogP contribution in [-0.2, 0) is 13.0 Å². The van der Waals surface area contributed by atoms with Crippen molar-refractivity contribution in [1.29, 1.82) is 0 Å². The predicted octanol–water partition coefficient (Wildman–Crippen LogP) is 3.53. The van der Waals surface area contributed by atoms with Gasteiger partial charge >= 0.3 is 0 Å². The van der Waals surface area contributed by atoms with Crippen molar-refractivity contribution in [2.24, 2.45) is 5.92 Å². The zero-order valence-electron chi connectivity index (χ0n) is 14.6. The average molecular weight is 366 g/mol. The Kier molecular flexibility index (Phi) is 5.47. The van der Waals surface area contributed by atoms with Crippen LogP contribution in [0.3, 0.4) is 0 Å². The lowest BCUT2D eigenvalue weighted by Crippen LogP contribution is -2.35. The highest BCUT2D eigenvalue weighted by Gasteiger charge is 2.21. The number of rotatable bonds is 6. The fourth-order valence-corrected chi connectivity index (χ4v) is 4.08. The van der Waals surface area contributed by atoms with Crippen LogP contribution in [0.1, 0.15) is 23.4 Å². The molecule has 1 aliphatic rings. The molecule has 1 N–H and O–H groups in total. The molecule has 1 fully saturated rings. The molecule has 0 spiro atoms. The molecular formula is C19H22N6S. The predicted molar refractivity (Wildman–Crippen MR) is 103 cm³/mol. The minimum absolute atomic E-state index is 0.634. The van der Waals surface area contributed by atoms with Crippen LogP contribution in [0.25, 0.3) is 0 Å². The molecule has 0 radical (unpaired) electrons. The minimum atomic E-state index is 0.634. The van der Waals surface area contributed by atoms with Gasteiger partial charge in [-0.2, -0.15) is 0 Å². The van der Waals surface area contributed by atoms with Crippen LogP contribution in [0.15, 0.2) is 48.5 Å². The van der Waals surface area contributed by atoms with Crippen molar-refractivity contribution in [3.63, 3.8) is 0 Å². The monoisotopic (exact) mass is 366 g/mol. The summed E-state index contributed by atoms with van der Waals surface area (Å²) in [7, 11) is 0. The number of hydrogen-bond donors (Lipinski definition) is 1. The van der Waals surface area contributed by atoms with E-state index in [1.165, 1.54) is 24.3 Å². The molecule has 3 aromatic rings. The second-order valence-corrected chi connectivity index (χ2v) is 7.62. The van der Waals surface area contributed by atoms with Gasteiger partial charge < -0.3 is 5.32 Å². The summed E-state index contributed by atoms with van der Waals surface area (Å²) < 4.78 is 0. The summed E-state index contributed by atoms with van der Waals surface area (Å²) in [6, 6.07) is 7.83. The van der Waals surface area contributed by atoms with E-state index in [1.54, 1.807) is 23.9 Å². The number of anilines is 2. The standard InChI is InChI=1S/C19H22N6S/c1-2-6-21-18(5-1)24-19-9-16(22-13-23-19)8-15-4-3-7-25(11-15)12-17-10-20-14-26-17/h1-2,5-6,9-10,13-15H,3-4,7-8,11-12H2,(H,21,22,23,24). The Balaban J connectivity index is 1.36. The molecule has 1 aliphatic heterocycles. The summed E-state index contributed by atoms with van der Waals surface area (Å²) in [5.74, 6) is 2.23. The first-order valence-electron chi connectivity index (χ1n) is 8.94. The third-order valence-corrected chi connectivity index (χ3v) is 5.37. The van der Waals surface area contributed by atoms with Gasteiger partial charge in [0.1, 0.15) is 18.0 Å². The zero-order valence-corrected chi connectivity index (χ0v) is 15.4. The summed E-state index contributed by atoms with van der Waals surface area (Å²) in [6.45, 7) is 3.30. The Morgan fingerprint density at radius 1 is 1.19 bits per heavy atom. The second-order valence-electron chi connectivity index (χ2n) is 6.65. The van der Waals surface area contributed by atoms with E-state index in [-0.39, 0.29) is 0 Å². The molecule has 4 heterocycles. The Hall–Kier alpha value is -2.38. The van der Waals surface area contributed by atoms with Gasteiger partial charge in [0.2, 0.25) is 0 Å². The Labute approximate surface area is 157 Å². The highest BCUT2D eigenvalue weighted by molar-refractivity contribution is 7.09. The normalized spacial score (nSPS) is 17.9. The van der Waals surface area contributed by atoms with Crippen molar-refractivity contribution in [2.75, 3.05) is 18.4 Å². The van der Waals surface area contributed by atoms with Gasteiger partial charge in [-0.25, -0.2) is 15.0 Å². The van der Waals surface area contributed by atoms with Crippen LogP contribution in [0, 0.1) is 5.92 Å². The molecule has 1 unspecified atom stereocenters. The van der Waals surface area contributed by atoms with Crippen LogP contribution in [0.4, 0.5) is 11.6 Å². The largest absolute Gasteiger partial charge is 0.325 e. The SMILES string of the molecule is c1ccc(Nc2cc(CC3CCCN(Cc4cncs4)C3)ncn2)nc1. The van der Waals surface area contributed by atoms with Gasteiger partial charge in [0.05, 0.1) is 5.51 Å². The number of likely N-dealkylation sites (tertiary alicyclic amines) is 1. The maximum absolute atomic E-state index is 4.48. The Bertz CT molecular complexity index is 808. The lowest BCUT2D eigenvalue weighted by Gasteiger charge is -2.32. The van der Waals surface area contributed by atoms with E-state index in [0.29, 0.717) is 5.92 Å². The maximum Gasteiger partial charge on any atom is 0.135 e. The summed E-state index contributed by atoms with van der Waals surface area (Å²) in [6.07, 6.45) is 8.87. The number of hydrogen-bond acceptors (Lipinski definition) is 7. The van der Waals surface area contributed by atoms with E-state index in [2.05, 4.69) is 30.2 Å². The molecule has 7 heteroatoms. The smallest absolute Gasteiger partial charge is 0.135 e. The van der Waals surface area contributed by atoms with E-state index >= 15 is 0 Å². The second kappa shape index (κ2) is 8.33. The van der Waals surface area contributed by atoms with Crippen LogP contribution in [0.5, 0.6) is 0 Å². The summed E-state index contributed by atoms with van der Waals surface area (Å²) in [4.78, 5) is 21.1. The van der Waals surface area contributed by atoms with Crippen molar-refractivity contribution < 1.29 is 0 Å². The fraction of sp³-hybridized carbons (Fsp3) is 0.368. The lowest BCUT2D eigenvalue weighted by atomic mass is 9.93. The van der Waals surface area contributed by atoms with Gasteiger partial charge in [-0.15, -0.1) is 11.3 Å². The Morgan fingerprint density at radius 3 is 3.04 bits per heavy atom. The summed E-state index contributed by atoms with van der Waals surface area (Å²) in [5, 5.41) is 3.24. The molecule has 4 rings (SSSR count). The molecule has 0 aliphatic carbocycles. The molecule has 0 saturated carbocycles. The fourth-order valence-electron chi connectivity index (χ4n) is 3.44. The number of nitrogens with zero attached hydrogens (tertiary/aromatic N) is 5. The van der Waals surface area contributed by atoms with Crippen LogP contribution < -0.4 is 5.32 Å². The molecule has 0 amide bonds. The molecular weight excluding hydrogens is 344 g/mol. The van der Waals surface area contributed by atoms with Gasteiger partial charge in [0.25, 0.3) is 0 Å². The van der Waals surface area contributed by atoms with E-state index in [0.717, 1.165) is 36.8 Å². The van der Waals surface area contributed by atoms with E-state index in [1.807, 2.05) is 36.0 Å².